The summed E-state index contributed by atoms with van der Waals surface area (Å²) in [5.41, 5.74) is 2.01. The van der Waals surface area contributed by atoms with Gasteiger partial charge in [0.25, 0.3) is 5.56 Å². The third-order valence-corrected chi connectivity index (χ3v) is 4.61. The number of aryl methyl sites for hydroxylation is 1. The molecule has 1 atom stereocenters. The molecule has 4 heteroatoms. The zero-order valence-corrected chi connectivity index (χ0v) is 13.8. The first-order valence-corrected chi connectivity index (χ1v) is 8.58. The molecule has 1 aromatic carbocycles. The summed E-state index contributed by atoms with van der Waals surface area (Å²) in [7, 11) is 0. The van der Waals surface area contributed by atoms with Gasteiger partial charge in [-0.15, -0.1) is 0 Å². The molecule has 0 bridgehead atoms. The van der Waals surface area contributed by atoms with Crippen molar-refractivity contribution in [1.82, 2.24) is 14.7 Å². The molecule has 0 saturated carbocycles. The quantitative estimate of drug-likeness (QED) is 0.852. The topological polar surface area (TPSA) is 38.1 Å². The van der Waals surface area contributed by atoms with Gasteiger partial charge in [0.15, 0.2) is 0 Å². The van der Waals surface area contributed by atoms with Crippen LogP contribution in [-0.2, 0) is 0 Å². The Hall–Kier alpha value is -1.94. The van der Waals surface area contributed by atoms with Crippen LogP contribution in [0.25, 0.3) is 0 Å². The predicted molar refractivity (Wildman–Crippen MR) is 92.7 cm³/mol. The van der Waals surface area contributed by atoms with E-state index in [1.54, 1.807) is 16.8 Å². The lowest BCUT2D eigenvalue weighted by Crippen LogP contribution is -2.34. The summed E-state index contributed by atoms with van der Waals surface area (Å²) in [4.78, 5) is 14.8. The molecule has 1 fully saturated rings. The zero-order valence-electron chi connectivity index (χ0n) is 13.8. The molecule has 3 rings (SSSR count). The van der Waals surface area contributed by atoms with E-state index < -0.39 is 0 Å². The molecule has 122 valence electrons. The van der Waals surface area contributed by atoms with Crippen LogP contribution in [-0.4, -0.2) is 34.3 Å². The van der Waals surface area contributed by atoms with Crippen LogP contribution in [0.3, 0.4) is 0 Å². The maximum absolute atomic E-state index is 12.3. The van der Waals surface area contributed by atoms with Gasteiger partial charge in [0.05, 0.1) is 11.7 Å². The Balaban J connectivity index is 1.84. The Bertz CT molecular complexity index is 675. The standard InChI is InChI=1S/C19H25N3O/c1-16-10-11-19(23)22(20-16)18(17-8-4-2-5-9-17)12-15-21-13-6-3-7-14-21/h2,4-5,8-11,18H,3,6-7,12-15H2,1H3/t18-/m0/s1. The molecule has 1 aromatic heterocycles. The van der Waals surface area contributed by atoms with Gasteiger partial charge in [0.1, 0.15) is 0 Å². The third-order valence-electron chi connectivity index (χ3n) is 4.61. The molecule has 0 aliphatic carbocycles. The fourth-order valence-electron chi connectivity index (χ4n) is 3.34. The van der Waals surface area contributed by atoms with Crippen molar-refractivity contribution in [2.24, 2.45) is 0 Å². The van der Waals surface area contributed by atoms with E-state index >= 15 is 0 Å². The minimum Gasteiger partial charge on any atom is -0.303 e. The van der Waals surface area contributed by atoms with Gasteiger partial charge in [-0.25, -0.2) is 4.68 Å². The Labute approximate surface area is 137 Å². The Morgan fingerprint density at radius 1 is 1.04 bits per heavy atom. The minimum atomic E-state index is -0.0249. The lowest BCUT2D eigenvalue weighted by Gasteiger charge is -2.28. The van der Waals surface area contributed by atoms with Crippen molar-refractivity contribution in [3.05, 3.63) is 64.1 Å². The number of aromatic nitrogens is 2. The molecule has 2 aromatic rings. The van der Waals surface area contributed by atoms with Crippen LogP contribution in [0.4, 0.5) is 0 Å². The van der Waals surface area contributed by atoms with Crippen molar-refractivity contribution < 1.29 is 0 Å². The molecule has 1 aliphatic rings. The number of piperidine rings is 1. The monoisotopic (exact) mass is 311 g/mol. The van der Waals surface area contributed by atoms with Gasteiger partial charge in [0, 0.05) is 12.6 Å². The summed E-state index contributed by atoms with van der Waals surface area (Å²) in [6.45, 7) is 5.31. The summed E-state index contributed by atoms with van der Waals surface area (Å²) in [5.74, 6) is 0. The molecule has 2 heterocycles. The second-order valence-corrected chi connectivity index (χ2v) is 6.37. The van der Waals surface area contributed by atoms with E-state index in [-0.39, 0.29) is 11.6 Å². The molecule has 1 saturated heterocycles. The van der Waals surface area contributed by atoms with E-state index in [1.807, 2.05) is 25.1 Å². The van der Waals surface area contributed by atoms with E-state index in [9.17, 15) is 4.79 Å². The van der Waals surface area contributed by atoms with Gasteiger partial charge >= 0.3 is 0 Å². The number of hydrogen-bond acceptors (Lipinski definition) is 3. The number of likely N-dealkylation sites (tertiary alicyclic amines) is 1. The first kappa shape index (κ1) is 15.9. The van der Waals surface area contributed by atoms with E-state index in [0.29, 0.717) is 0 Å². The van der Waals surface area contributed by atoms with Crippen LogP contribution in [0.1, 0.15) is 43.0 Å². The average molecular weight is 311 g/mol. The molecule has 0 unspecified atom stereocenters. The highest BCUT2D eigenvalue weighted by molar-refractivity contribution is 5.20. The molecule has 1 aliphatic heterocycles. The van der Waals surface area contributed by atoms with Crippen LogP contribution in [0, 0.1) is 6.92 Å². The SMILES string of the molecule is Cc1ccc(=O)n([C@@H](CCN2CCCCC2)c2ccccc2)n1. The summed E-state index contributed by atoms with van der Waals surface area (Å²) in [6.07, 6.45) is 4.84. The van der Waals surface area contributed by atoms with Gasteiger partial charge in [0.2, 0.25) is 0 Å². The number of rotatable bonds is 5. The Morgan fingerprint density at radius 3 is 2.52 bits per heavy atom. The van der Waals surface area contributed by atoms with E-state index in [1.165, 1.54) is 32.4 Å². The lowest BCUT2D eigenvalue weighted by molar-refractivity contribution is 0.215. The average Bonchev–Trinajstić information content (AvgIpc) is 2.60. The Morgan fingerprint density at radius 2 is 1.78 bits per heavy atom. The minimum absolute atomic E-state index is 0.00512. The summed E-state index contributed by atoms with van der Waals surface area (Å²) >= 11 is 0. The van der Waals surface area contributed by atoms with Crippen LogP contribution < -0.4 is 5.56 Å². The van der Waals surface area contributed by atoms with Crippen molar-refractivity contribution in [3.8, 4) is 0 Å². The molecule has 0 N–H and O–H groups in total. The van der Waals surface area contributed by atoms with Gasteiger partial charge in [-0.2, -0.15) is 5.10 Å². The van der Waals surface area contributed by atoms with Gasteiger partial charge in [-0.3, -0.25) is 4.79 Å². The molecular formula is C19H25N3O. The van der Waals surface area contributed by atoms with Crippen molar-refractivity contribution in [2.75, 3.05) is 19.6 Å². The van der Waals surface area contributed by atoms with Crippen LogP contribution in [0.2, 0.25) is 0 Å². The summed E-state index contributed by atoms with van der Waals surface area (Å²) in [5, 5.41) is 4.50. The van der Waals surface area contributed by atoms with E-state index in [2.05, 4.69) is 22.1 Å². The highest BCUT2D eigenvalue weighted by Crippen LogP contribution is 2.21. The summed E-state index contributed by atoms with van der Waals surface area (Å²) in [6, 6.07) is 13.7. The second kappa shape index (κ2) is 7.55. The molecular weight excluding hydrogens is 286 g/mol. The fraction of sp³-hybridized carbons (Fsp3) is 0.474. The predicted octanol–water partition coefficient (Wildman–Crippen LogP) is 3.02. The second-order valence-electron chi connectivity index (χ2n) is 6.37. The van der Waals surface area contributed by atoms with Crippen LogP contribution in [0.5, 0.6) is 0 Å². The maximum Gasteiger partial charge on any atom is 0.267 e. The van der Waals surface area contributed by atoms with Crippen LogP contribution >= 0.6 is 0 Å². The Kier molecular flexibility index (Phi) is 5.23. The molecule has 23 heavy (non-hydrogen) atoms. The highest BCUT2D eigenvalue weighted by atomic mass is 16.1. The third kappa shape index (κ3) is 4.08. The first-order valence-electron chi connectivity index (χ1n) is 8.58. The van der Waals surface area contributed by atoms with Gasteiger partial charge < -0.3 is 4.90 Å². The molecule has 0 amide bonds. The highest BCUT2D eigenvalue weighted by Gasteiger charge is 2.19. The molecule has 0 spiro atoms. The molecule has 0 radical (unpaired) electrons. The number of benzene rings is 1. The normalized spacial score (nSPS) is 17.1. The maximum atomic E-state index is 12.3. The van der Waals surface area contributed by atoms with Crippen LogP contribution in [0.15, 0.2) is 47.3 Å². The smallest absolute Gasteiger partial charge is 0.267 e. The summed E-state index contributed by atoms with van der Waals surface area (Å²) < 4.78 is 1.66. The van der Waals surface area contributed by atoms with Crippen molar-refractivity contribution in [3.63, 3.8) is 0 Å². The zero-order chi connectivity index (χ0) is 16.1. The molecule has 4 nitrogen and oxygen atoms in total. The van der Waals surface area contributed by atoms with Crippen molar-refractivity contribution >= 4 is 0 Å². The largest absolute Gasteiger partial charge is 0.303 e. The van der Waals surface area contributed by atoms with E-state index in [4.69, 9.17) is 0 Å². The van der Waals surface area contributed by atoms with Gasteiger partial charge in [-0.1, -0.05) is 36.8 Å². The fourth-order valence-corrected chi connectivity index (χ4v) is 3.34. The van der Waals surface area contributed by atoms with Gasteiger partial charge in [-0.05, 0) is 50.9 Å². The van der Waals surface area contributed by atoms with E-state index in [0.717, 1.165) is 24.2 Å². The van der Waals surface area contributed by atoms with Crippen molar-refractivity contribution in [2.45, 2.75) is 38.6 Å². The number of hydrogen-bond donors (Lipinski definition) is 0. The first-order chi connectivity index (χ1) is 11.2. The lowest BCUT2D eigenvalue weighted by atomic mass is 10.0. The number of nitrogens with zero attached hydrogens (tertiary/aromatic N) is 3. The van der Waals surface area contributed by atoms with Crippen molar-refractivity contribution in [1.29, 1.82) is 0 Å².